The first-order valence-corrected chi connectivity index (χ1v) is 14.6. The highest BCUT2D eigenvalue weighted by molar-refractivity contribution is 6.14. The second-order valence-electron chi connectivity index (χ2n) is 11.1. The maximum Gasteiger partial charge on any atom is 0.136 e. The van der Waals surface area contributed by atoms with Crippen molar-refractivity contribution < 1.29 is 4.42 Å². The van der Waals surface area contributed by atoms with E-state index in [9.17, 15) is 0 Å². The molecule has 8 rings (SSSR count). The van der Waals surface area contributed by atoms with Crippen molar-refractivity contribution in [2.45, 2.75) is 0 Å². The fourth-order valence-electron chi connectivity index (χ4n) is 6.32. The molecule has 0 unspecified atom stereocenters. The Balaban J connectivity index is 1.22. The van der Waals surface area contributed by atoms with Crippen LogP contribution in [0.2, 0.25) is 0 Å². The molecule has 0 amide bonds. The Kier molecular flexibility index (Phi) is 5.84. The lowest BCUT2D eigenvalue weighted by Crippen LogP contribution is -1.85. The van der Waals surface area contributed by atoms with E-state index < -0.39 is 0 Å². The van der Waals surface area contributed by atoms with Crippen LogP contribution in [0.15, 0.2) is 163 Å². The van der Waals surface area contributed by atoms with Gasteiger partial charge in [-0.25, -0.2) is 0 Å². The maximum absolute atomic E-state index is 6.36. The van der Waals surface area contributed by atoms with Gasteiger partial charge in [0, 0.05) is 10.8 Å². The van der Waals surface area contributed by atoms with E-state index in [-0.39, 0.29) is 0 Å². The number of rotatable bonds is 5. The van der Waals surface area contributed by atoms with E-state index >= 15 is 0 Å². The number of hydrogen-bond acceptors (Lipinski definition) is 1. The molecule has 0 spiro atoms. The molecule has 0 radical (unpaired) electrons. The molecule has 1 heterocycles. The third-order valence-electron chi connectivity index (χ3n) is 8.53. The number of allylic oxidation sites excluding steroid dienone is 4. The molecule has 0 aliphatic rings. The predicted molar refractivity (Wildman–Crippen MR) is 185 cm³/mol. The molecule has 8 aromatic rings. The van der Waals surface area contributed by atoms with Crippen LogP contribution in [0.4, 0.5) is 0 Å². The van der Waals surface area contributed by atoms with Crippen molar-refractivity contribution >= 4 is 59.8 Å². The third kappa shape index (κ3) is 4.26. The van der Waals surface area contributed by atoms with Crippen LogP contribution in [0.5, 0.6) is 0 Å². The van der Waals surface area contributed by atoms with Gasteiger partial charge in [0.05, 0.1) is 0 Å². The third-order valence-corrected chi connectivity index (χ3v) is 8.53. The highest BCUT2D eigenvalue weighted by Gasteiger charge is 2.12. The number of fused-ring (bicyclic) bond motifs is 7. The van der Waals surface area contributed by atoms with E-state index in [1.165, 1.54) is 49.0 Å². The monoisotopic (exact) mass is 548 g/mol. The molecule has 202 valence electrons. The minimum absolute atomic E-state index is 0.864. The van der Waals surface area contributed by atoms with Crippen LogP contribution in [-0.2, 0) is 0 Å². The van der Waals surface area contributed by atoms with Crippen molar-refractivity contribution in [3.8, 4) is 22.3 Å². The molecule has 7 aromatic carbocycles. The summed E-state index contributed by atoms with van der Waals surface area (Å²) in [6, 6.07) is 46.0. The van der Waals surface area contributed by atoms with E-state index in [0.717, 1.165) is 38.6 Å². The van der Waals surface area contributed by atoms with Crippen LogP contribution in [0.1, 0.15) is 5.56 Å². The van der Waals surface area contributed by atoms with Gasteiger partial charge in [0.2, 0.25) is 0 Å². The molecule has 0 atom stereocenters. The fraction of sp³-hybridized carbons (Fsp3) is 0. The number of benzene rings is 7. The molecule has 0 saturated heterocycles. The van der Waals surface area contributed by atoms with Gasteiger partial charge in [-0.3, -0.25) is 0 Å². The average molecular weight is 549 g/mol. The van der Waals surface area contributed by atoms with E-state index in [2.05, 4.69) is 141 Å². The van der Waals surface area contributed by atoms with Crippen molar-refractivity contribution in [3.05, 3.63) is 164 Å². The summed E-state index contributed by atoms with van der Waals surface area (Å²) in [6.45, 7) is 7.93. The summed E-state index contributed by atoms with van der Waals surface area (Å²) >= 11 is 0. The zero-order valence-corrected chi connectivity index (χ0v) is 23.7. The number of hydrogen-bond donors (Lipinski definition) is 0. The molecular formula is C42H28O. The second-order valence-corrected chi connectivity index (χ2v) is 11.1. The predicted octanol–water partition coefficient (Wildman–Crippen LogP) is 12.1. The summed E-state index contributed by atoms with van der Waals surface area (Å²) in [5.41, 5.74) is 8.49. The Morgan fingerprint density at radius 1 is 0.512 bits per heavy atom. The summed E-state index contributed by atoms with van der Waals surface area (Å²) < 4.78 is 6.36. The first-order chi connectivity index (χ1) is 21.2. The molecule has 0 aliphatic heterocycles. The van der Waals surface area contributed by atoms with E-state index in [1.54, 1.807) is 6.08 Å². The lowest BCUT2D eigenvalue weighted by Gasteiger charge is -2.12. The molecule has 1 aromatic heterocycles. The van der Waals surface area contributed by atoms with E-state index in [1.807, 2.05) is 12.2 Å². The lowest BCUT2D eigenvalue weighted by atomic mass is 9.92. The first-order valence-electron chi connectivity index (χ1n) is 14.6. The fourth-order valence-corrected chi connectivity index (χ4v) is 6.32. The van der Waals surface area contributed by atoms with E-state index in [4.69, 9.17) is 4.42 Å². The SMILES string of the molecule is C=CC=CC(=C)c1ccc2c(c1)oc1cc(-c3ccc4ccc(-c5cc6ccccc6c6ccccc56)cc4c3)ccc12. The quantitative estimate of drug-likeness (QED) is 0.154. The Bertz CT molecular complexity index is 2430. The van der Waals surface area contributed by atoms with Gasteiger partial charge in [-0.15, -0.1) is 0 Å². The average Bonchev–Trinajstić information content (AvgIpc) is 3.43. The van der Waals surface area contributed by atoms with Crippen LogP contribution in [0.3, 0.4) is 0 Å². The zero-order valence-electron chi connectivity index (χ0n) is 23.7. The normalized spacial score (nSPS) is 11.8. The van der Waals surface area contributed by atoms with Crippen molar-refractivity contribution in [2.24, 2.45) is 0 Å². The van der Waals surface area contributed by atoms with E-state index in [0.29, 0.717) is 0 Å². The summed E-state index contributed by atoms with van der Waals surface area (Å²) in [4.78, 5) is 0. The van der Waals surface area contributed by atoms with Crippen molar-refractivity contribution in [1.29, 1.82) is 0 Å². The highest BCUT2D eigenvalue weighted by atomic mass is 16.3. The van der Waals surface area contributed by atoms with Gasteiger partial charge < -0.3 is 4.42 Å². The van der Waals surface area contributed by atoms with Gasteiger partial charge in [0.25, 0.3) is 0 Å². The first kappa shape index (κ1) is 25.1. The molecular weight excluding hydrogens is 520 g/mol. The largest absolute Gasteiger partial charge is 0.456 e. The van der Waals surface area contributed by atoms with Crippen molar-refractivity contribution in [3.63, 3.8) is 0 Å². The summed E-state index contributed by atoms with van der Waals surface area (Å²) in [7, 11) is 0. The standard InChI is InChI=1S/C42H28O/c1-3-4-9-27(2)29-18-20-38-39-21-19-31(26-42(39)43-41(38)25-29)30-16-14-28-15-17-33(23-34(28)22-30)40-24-32-10-5-6-11-35(32)36-12-7-8-13-37(36)40/h3-26H,1-2H2. The molecule has 0 bridgehead atoms. The molecule has 0 saturated carbocycles. The van der Waals surface area contributed by atoms with Gasteiger partial charge in [-0.1, -0.05) is 116 Å². The molecule has 1 heteroatoms. The minimum Gasteiger partial charge on any atom is -0.456 e. The molecule has 0 N–H and O–H groups in total. The zero-order chi connectivity index (χ0) is 28.9. The smallest absolute Gasteiger partial charge is 0.136 e. The Morgan fingerprint density at radius 3 is 2.00 bits per heavy atom. The van der Waals surface area contributed by atoms with Gasteiger partial charge in [-0.05, 0) is 108 Å². The summed E-state index contributed by atoms with van der Waals surface area (Å²) in [5, 5.41) is 9.77. The van der Waals surface area contributed by atoms with Crippen molar-refractivity contribution in [1.82, 2.24) is 0 Å². The Hall–Kier alpha value is -5.66. The Labute approximate surface area is 250 Å². The lowest BCUT2D eigenvalue weighted by molar-refractivity contribution is 0.669. The van der Waals surface area contributed by atoms with Gasteiger partial charge in [0.1, 0.15) is 11.2 Å². The van der Waals surface area contributed by atoms with Crippen LogP contribution >= 0.6 is 0 Å². The van der Waals surface area contributed by atoms with Gasteiger partial charge >= 0.3 is 0 Å². The Morgan fingerprint density at radius 2 is 1.16 bits per heavy atom. The maximum atomic E-state index is 6.36. The van der Waals surface area contributed by atoms with Gasteiger partial charge in [0.15, 0.2) is 0 Å². The highest BCUT2D eigenvalue weighted by Crippen LogP contribution is 2.38. The van der Waals surface area contributed by atoms with Crippen LogP contribution in [-0.4, -0.2) is 0 Å². The van der Waals surface area contributed by atoms with Crippen LogP contribution < -0.4 is 0 Å². The second kappa shape index (κ2) is 10.0. The van der Waals surface area contributed by atoms with Crippen LogP contribution in [0.25, 0.3) is 82.1 Å². The summed E-state index contributed by atoms with van der Waals surface area (Å²) in [5.74, 6) is 0. The van der Waals surface area contributed by atoms with Crippen molar-refractivity contribution in [2.75, 3.05) is 0 Å². The molecule has 1 nitrogen and oxygen atoms in total. The molecule has 0 aliphatic carbocycles. The molecule has 0 fully saturated rings. The topological polar surface area (TPSA) is 13.1 Å². The minimum atomic E-state index is 0.864. The summed E-state index contributed by atoms with van der Waals surface area (Å²) in [6.07, 6.45) is 5.61. The number of furan rings is 1. The van der Waals surface area contributed by atoms with Crippen LogP contribution in [0, 0.1) is 0 Å². The van der Waals surface area contributed by atoms with Gasteiger partial charge in [-0.2, -0.15) is 0 Å². The molecule has 43 heavy (non-hydrogen) atoms.